The zero-order chi connectivity index (χ0) is 18.6. The summed E-state index contributed by atoms with van der Waals surface area (Å²) in [7, 11) is 0. The van der Waals surface area contributed by atoms with Gasteiger partial charge in [0, 0.05) is 6.54 Å². The van der Waals surface area contributed by atoms with Crippen LogP contribution in [0.25, 0.3) is 10.2 Å². The van der Waals surface area contributed by atoms with E-state index in [-0.39, 0.29) is 18.6 Å². The van der Waals surface area contributed by atoms with E-state index in [0.29, 0.717) is 17.9 Å². The van der Waals surface area contributed by atoms with Crippen molar-refractivity contribution in [3.63, 3.8) is 0 Å². The molecule has 0 aliphatic carbocycles. The first-order valence-electron chi connectivity index (χ1n) is 9.03. The number of benzene rings is 2. The van der Waals surface area contributed by atoms with Crippen molar-refractivity contribution in [2.45, 2.75) is 25.3 Å². The van der Waals surface area contributed by atoms with Gasteiger partial charge in [-0.2, -0.15) is 5.26 Å². The Labute approximate surface area is 161 Å². The van der Waals surface area contributed by atoms with Crippen LogP contribution in [0.4, 0.5) is 0 Å². The van der Waals surface area contributed by atoms with Gasteiger partial charge in [0.1, 0.15) is 16.8 Å². The Morgan fingerprint density at radius 2 is 2.04 bits per heavy atom. The van der Waals surface area contributed by atoms with Crippen LogP contribution < -0.4 is 4.74 Å². The molecule has 1 saturated heterocycles. The SMILES string of the molecule is N#Cc1ccccc1OCC(=O)N1CCCCC1c1nc2ccccc2s1. The van der Waals surface area contributed by atoms with Crippen LogP contribution in [0.5, 0.6) is 5.75 Å². The van der Waals surface area contributed by atoms with Gasteiger partial charge in [-0.15, -0.1) is 11.3 Å². The molecule has 0 spiro atoms. The highest BCUT2D eigenvalue weighted by Gasteiger charge is 2.30. The minimum atomic E-state index is -0.0694. The van der Waals surface area contributed by atoms with Gasteiger partial charge in [0.2, 0.25) is 0 Å². The average Bonchev–Trinajstić information content (AvgIpc) is 3.16. The predicted molar refractivity (Wildman–Crippen MR) is 105 cm³/mol. The van der Waals surface area contributed by atoms with Crippen molar-refractivity contribution in [1.29, 1.82) is 5.26 Å². The van der Waals surface area contributed by atoms with E-state index in [2.05, 4.69) is 12.1 Å². The van der Waals surface area contributed by atoms with Crippen LogP contribution in [0.2, 0.25) is 0 Å². The molecule has 1 amide bonds. The van der Waals surface area contributed by atoms with Crippen LogP contribution >= 0.6 is 11.3 Å². The third-order valence-electron chi connectivity index (χ3n) is 4.78. The zero-order valence-corrected chi connectivity index (χ0v) is 15.6. The Bertz CT molecular complexity index is 975. The van der Waals surface area contributed by atoms with Gasteiger partial charge in [0.25, 0.3) is 5.91 Å². The summed E-state index contributed by atoms with van der Waals surface area (Å²) in [5.41, 5.74) is 1.42. The highest BCUT2D eigenvalue weighted by molar-refractivity contribution is 7.18. The van der Waals surface area contributed by atoms with Crippen molar-refractivity contribution in [2.24, 2.45) is 0 Å². The monoisotopic (exact) mass is 377 g/mol. The number of nitriles is 1. The second kappa shape index (κ2) is 7.77. The van der Waals surface area contributed by atoms with Crippen LogP contribution in [0.3, 0.4) is 0 Å². The lowest BCUT2D eigenvalue weighted by atomic mass is 10.0. The Balaban J connectivity index is 1.51. The number of carbonyl (C=O) groups excluding carboxylic acids is 1. The molecule has 4 rings (SSSR count). The second-order valence-corrected chi connectivity index (χ2v) is 7.58. The molecule has 136 valence electrons. The molecule has 5 nitrogen and oxygen atoms in total. The molecule has 1 aromatic heterocycles. The number of nitrogens with zero attached hydrogens (tertiary/aromatic N) is 3. The minimum Gasteiger partial charge on any atom is -0.482 e. The largest absolute Gasteiger partial charge is 0.482 e. The fraction of sp³-hybridized carbons (Fsp3) is 0.286. The number of aromatic nitrogens is 1. The molecule has 1 unspecified atom stereocenters. The van der Waals surface area contributed by atoms with Gasteiger partial charge in [-0.05, 0) is 43.5 Å². The summed E-state index contributed by atoms with van der Waals surface area (Å²) in [6.07, 6.45) is 2.99. The number of piperidine rings is 1. The van der Waals surface area contributed by atoms with E-state index in [1.165, 1.54) is 0 Å². The lowest BCUT2D eigenvalue weighted by Crippen LogP contribution is -2.41. The minimum absolute atomic E-state index is 0.00143. The van der Waals surface area contributed by atoms with Gasteiger partial charge in [0.15, 0.2) is 6.61 Å². The van der Waals surface area contributed by atoms with Gasteiger partial charge in [0.05, 0.1) is 21.8 Å². The summed E-state index contributed by atoms with van der Waals surface area (Å²) in [5.74, 6) is 0.383. The number of rotatable bonds is 4. The molecule has 0 bridgehead atoms. The van der Waals surface area contributed by atoms with E-state index in [1.807, 2.05) is 23.1 Å². The van der Waals surface area contributed by atoms with E-state index < -0.39 is 0 Å². The topological polar surface area (TPSA) is 66.2 Å². The van der Waals surface area contributed by atoms with Gasteiger partial charge < -0.3 is 9.64 Å². The van der Waals surface area contributed by atoms with Gasteiger partial charge in [-0.1, -0.05) is 24.3 Å². The van der Waals surface area contributed by atoms with Crippen molar-refractivity contribution in [2.75, 3.05) is 13.2 Å². The number of hydrogen-bond acceptors (Lipinski definition) is 5. The van der Waals surface area contributed by atoms with Crippen molar-refractivity contribution >= 4 is 27.5 Å². The van der Waals surface area contributed by atoms with E-state index in [0.717, 1.165) is 34.5 Å². The highest BCUT2D eigenvalue weighted by atomic mass is 32.1. The van der Waals surface area contributed by atoms with Crippen molar-refractivity contribution < 1.29 is 9.53 Å². The van der Waals surface area contributed by atoms with E-state index in [1.54, 1.807) is 35.6 Å². The predicted octanol–water partition coefficient (Wildman–Crippen LogP) is 4.30. The fourth-order valence-electron chi connectivity index (χ4n) is 3.43. The van der Waals surface area contributed by atoms with E-state index in [4.69, 9.17) is 15.0 Å². The Morgan fingerprint density at radius 1 is 1.22 bits per heavy atom. The zero-order valence-electron chi connectivity index (χ0n) is 14.8. The van der Waals surface area contributed by atoms with Gasteiger partial charge in [-0.25, -0.2) is 4.98 Å². The lowest BCUT2D eigenvalue weighted by Gasteiger charge is -2.34. The number of hydrogen-bond donors (Lipinski definition) is 0. The first-order valence-corrected chi connectivity index (χ1v) is 9.85. The number of likely N-dealkylation sites (tertiary alicyclic amines) is 1. The number of para-hydroxylation sites is 2. The summed E-state index contributed by atoms with van der Waals surface area (Å²) in [5, 5.41) is 10.1. The Morgan fingerprint density at radius 3 is 2.89 bits per heavy atom. The molecule has 0 N–H and O–H groups in total. The van der Waals surface area contributed by atoms with Gasteiger partial charge >= 0.3 is 0 Å². The number of ether oxygens (including phenoxy) is 1. The van der Waals surface area contributed by atoms with Crippen molar-refractivity contribution in [3.05, 3.63) is 59.1 Å². The first-order chi connectivity index (χ1) is 13.3. The van der Waals surface area contributed by atoms with Crippen LogP contribution in [-0.2, 0) is 4.79 Å². The number of thiazole rings is 1. The van der Waals surface area contributed by atoms with Crippen LogP contribution in [0.1, 0.15) is 35.9 Å². The summed E-state index contributed by atoms with van der Waals surface area (Å²) >= 11 is 1.66. The van der Waals surface area contributed by atoms with E-state index >= 15 is 0 Å². The molecule has 0 radical (unpaired) electrons. The summed E-state index contributed by atoms with van der Waals surface area (Å²) in [6, 6.07) is 17.1. The molecule has 1 aliphatic rings. The summed E-state index contributed by atoms with van der Waals surface area (Å²) in [4.78, 5) is 19.5. The fourth-order valence-corrected chi connectivity index (χ4v) is 4.54. The smallest absolute Gasteiger partial charge is 0.261 e. The van der Waals surface area contributed by atoms with Crippen LogP contribution in [0, 0.1) is 11.3 Å². The standard InChI is InChI=1S/C21H19N3O2S/c22-13-15-7-1-3-10-18(15)26-14-20(25)24-12-6-5-9-17(24)21-23-16-8-2-4-11-19(16)27-21/h1-4,7-8,10-11,17H,5-6,9,12,14H2. The van der Waals surface area contributed by atoms with Crippen LogP contribution in [0.15, 0.2) is 48.5 Å². The molecule has 27 heavy (non-hydrogen) atoms. The molecule has 1 aliphatic heterocycles. The van der Waals surface area contributed by atoms with Crippen LogP contribution in [-0.4, -0.2) is 28.9 Å². The normalized spacial score (nSPS) is 16.9. The molecule has 2 aromatic carbocycles. The van der Waals surface area contributed by atoms with Gasteiger partial charge in [-0.3, -0.25) is 4.79 Å². The number of fused-ring (bicyclic) bond motifs is 1. The summed E-state index contributed by atoms with van der Waals surface area (Å²) < 4.78 is 6.80. The quantitative estimate of drug-likeness (QED) is 0.680. The Hall–Kier alpha value is -2.91. The van der Waals surface area contributed by atoms with Crippen molar-refractivity contribution in [3.8, 4) is 11.8 Å². The maximum atomic E-state index is 12.9. The number of carbonyl (C=O) groups is 1. The Kier molecular flexibility index (Phi) is 5.03. The molecular formula is C21H19N3O2S. The molecule has 6 heteroatoms. The third-order valence-corrected chi connectivity index (χ3v) is 5.91. The number of amides is 1. The highest BCUT2D eigenvalue weighted by Crippen LogP contribution is 2.35. The average molecular weight is 377 g/mol. The molecule has 0 saturated carbocycles. The molecule has 3 aromatic rings. The van der Waals surface area contributed by atoms with Crippen molar-refractivity contribution in [1.82, 2.24) is 9.88 Å². The first kappa shape index (κ1) is 17.5. The molecule has 1 fully saturated rings. The summed E-state index contributed by atoms with van der Waals surface area (Å²) in [6.45, 7) is 0.642. The second-order valence-electron chi connectivity index (χ2n) is 6.52. The molecule has 2 heterocycles. The maximum Gasteiger partial charge on any atom is 0.261 e. The third kappa shape index (κ3) is 3.64. The van der Waals surface area contributed by atoms with E-state index in [9.17, 15) is 4.79 Å². The maximum absolute atomic E-state index is 12.9. The molecular weight excluding hydrogens is 358 g/mol. The molecule has 1 atom stereocenters. The lowest BCUT2D eigenvalue weighted by molar-refractivity contribution is -0.137.